The first kappa shape index (κ1) is 9.74. The number of anilines is 1. The van der Waals surface area contributed by atoms with Crippen LogP contribution >= 0.6 is 11.6 Å². The number of hydrogen-bond acceptors (Lipinski definition) is 3. The number of halogens is 1. The van der Waals surface area contributed by atoms with Gasteiger partial charge in [-0.05, 0) is 25.0 Å². The molecule has 14 heavy (non-hydrogen) atoms. The van der Waals surface area contributed by atoms with E-state index in [0.717, 1.165) is 25.4 Å². The molecular formula is C10H13ClN2O. The third-order valence-electron chi connectivity index (χ3n) is 2.26. The second kappa shape index (κ2) is 4.62. The van der Waals surface area contributed by atoms with Gasteiger partial charge in [0.1, 0.15) is 5.82 Å². The molecule has 0 unspecified atom stereocenters. The molecule has 0 radical (unpaired) electrons. The molecule has 1 aliphatic rings. The second-order valence-electron chi connectivity index (χ2n) is 3.38. The van der Waals surface area contributed by atoms with Gasteiger partial charge in [-0.15, -0.1) is 0 Å². The van der Waals surface area contributed by atoms with Crippen molar-refractivity contribution in [3.8, 4) is 0 Å². The van der Waals surface area contributed by atoms with Gasteiger partial charge in [0.15, 0.2) is 0 Å². The number of nitrogens with one attached hydrogen (secondary N) is 1. The van der Waals surface area contributed by atoms with E-state index in [1.54, 1.807) is 6.20 Å². The molecule has 3 nitrogen and oxygen atoms in total. The fourth-order valence-corrected chi connectivity index (χ4v) is 1.62. The maximum absolute atomic E-state index is 5.72. The first-order valence-corrected chi connectivity index (χ1v) is 5.19. The van der Waals surface area contributed by atoms with E-state index < -0.39 is 0 Å². The SMILES string of the molecule is Clc1ccc(NC[C@@H]2CCCO2)nc1. The molecule has 2 rings (SSSR count). The molecule has 1 N–H and O–H groups in total. The quantitative estimate of drug-likeness (QED) is 0.835. The van der Waals surface area contributed by atoms with Gasteiger partial charge in [0.25, 0.3) is 0 Å². The molecule has 2 heterocycles. The lowest BCUT2D eigenvalue weighted by Crippen LogP contribution is -2.18. The Hall–Kier alpha value is -0.800. The summed E-state index contributed by atoms with van der Waals surface area (Å²) in [6, 6.07) is 3.70. The van der Waals surface area contributed by atoms with Crippen molar-refractivity contribution >= 4 is 17.4 Å². The zero-order valence-electron chi connectivity index (χ0n) is 7.87. The van der Waals surface area contributed by atoms with Crippen molar-refractivity contribution in [3.63, 3.8) is 0 Å². The van der Waals surface area contributed by atoms with Crippen LogP contribution in [0.4, 0.5) is 5.82 Å². The molecule has 1 aliphatic heterocycles. The summed E-state index contributed by atoms with van der Waals surface area (Å²) in [5.41, 5.74) is 0. The van der Waals surface area contributed by atoms with E-state index in [2.05, 4.69) is 10.3 Å². The van der Waals surface area contributed by atoms with Gasteiger partial charge in [-0.25, -0.2) is 4.98 Å². The van der Waals surface area contributed by atoms with E-state index in [1.165, 1.54) is 6.42 Å². The second-order valence-corrected chi connectivity index (χ2v) is 3.81. The van der Waals surface area contributed by atoms with Crippen LogP contribution < -0.4 is 5.32 Å². The molecule has 1 saturated heterocycles. The number of hydrogen-bond donors (Lipinski definition) is 1. The van der Waals surface area contributed by atoms with Crippen molar-refractivity contribution in [2.24, 2.45) is 0 Å². The largest absolute Gasteiger partial charge is 0.376 e. The van der Waals surface area contributed by atoms with E-state index in [1.807, 2.05) is 12.1 Å². The molecule has 1 fully saturated rings. The maximum Gasteiger partial charge on any atom is 0.126 e. The molecule has 1 aromatic rings. The average molecular weight is 213 g/mol. The van der Waals surface area contributed by atoms with Gasteiger partial charge in [-0.2, -0.15) is 0 Å². The number of pyridine rings is 1. The lowest BCUT2D eigenvalue weighted by Gasteiger charge is -2.10. The van der Waals surface area contributed by atoms with Crippen LogP contribution in [0.3, 0.4) is 0 Å². The first-order chi connectivity index (χ1) is 6.84. The highest BCUT2D eigenvalue weighted by molar-refractivity contribution is 6.30. The highest BCUT2D eigenvalue weighted by Gasteiger charge is 2.14. The van der Waals surface area contributed by atoms with Crippen LogP contribution in [0.15, 0.2) is 18.3 Å². The number of aromatic nitrogens is 1. The van der Waals surface area contributed by atoms with Crippen molar-refractivity contribution in [1.29, 1.82) is 0 Å². The molecule has 0 spiro atoms. The molecular weight excluding hydrogens is 200 g/mol. The first-order valence-electron chi connectivity index (χ1n) is 4.81. The van der Waals surface area contributed by atoms with Crippen molar-refractivity contribution in [2.75, 3.05) is 18.5 Å². The minimum Gasteiger partial charge on any atom is -0.376 e. The summed E-state index contributed by atoms with van der Waals surface area (Å²) in [6.07, 6.45) is 4.29. The van der Waals surface area contributed by atoms with Crippen LogP contribution in [-0.2, 0) is 4.74 Å². The van der Waals surface area contributed by atoms with E-state index in [4.69, 9.17) is 16.3 Å². The van der Waals surface area contributed by atoms with Gasteiger partial charge in [0.05, 0.1) is 11.1 Å². The topological polar surface area (TPSA) is 34.1 Å². The number of rotatable bonds is 3. The van der Waals surface area contributed by atoms with E-state index >= 15 is 0 Å². The molecule has 0 amide bonds. The molecule has 4 heteroatoms. The van der Waals surface area contributed by atoms with Crippen LogP contribution in [0, 0.1) is 0 Å². The zero-order chi connectivity index (χ0) is 9.80. The Kier molecular flexibility index (Phi) is 3.22. The number of nitrogens with zero attached hydrogens (tertiary/aromatic N) is 1. The lowest BCUT2D eigenvalue weighted by molar-refractivity contribution is 0.120. The van der Waals surface area contributed by atoms with Gasteiger partial charge in [-0.1, -0.05) is 11.6 Å². The van der Waals surface area contributed by atoms with Gasteiger partial charge in [-0.3, -0.25) is 0 Å². The van der Waals surface area contributed by atoms with Gasteiger partial charge in [0, 0.05) is 19.3 Å². The Morgan fingerprint density at radius 3 is 3.14 bits per heavy atom. The Balaban J connectivity index is 1.82. The highest BCUT2D eigenvalue weighted by atomic mass is 35.5. The summed E-state index contributed by atoms with van der Waals surface area (Å²) in [6.45, 7) is 1.72. The third-order valence-corrected chi connectivity index (χ3v) is 2.49. The van der Waals surface area contributed by atoms with Gasteiger partial charge >= 0.3 is 0 Å². The molecule has 1 atom stereocenters. The maximum atomic E-state index is 5.72. The van der Waals surface area contributed by atoms with E-state index in [9.17, 15) is 0 Å². The number of ether oxygens (including phenoxy) is 1. The van der Waals surface area contributed by atoms with Crippen molar-refractivity contribution in [2.45, 2.75) is 18.9 Å². The van der Waals surface area contributed by atoms with Crippen LogP contribution in [0.2, 0.25) is 5.02 Å². The Morgan fingerprint density at radius 2 is 2.50 bits per heavy atom. The highest BCUT2D eigenvalue weighted by Crippen LogP contribution is 2.13. The van der Waals surface area contributed by atoms with Crippen molar-refractivity contribution in [1.82, 2.24) is 4.98 Å². The normalized spacial score (nSPS) is 21.1. The minimum atomic E-state index is 0.340. The zero-order valence-corrected chi connectivity index (χ0v) is 8.63. The van der Waals surface area contributed by atoms with Crippen molar-refractivity contribution < 1.29 is 4.74 Å². The molecule has 0 aliphatic carbocycles. The lowest BCUT2D eigenvalue weighted by atomic mass is 10.2. The standard InChI is InChI=1S/C10H13ClN2O/c11-8-3-4-10(12-6-8)13-7-9-2-1-5-14-9/h3-4,6,9H,1-2,5,7H2,(H,12,13)/t9-/m0/s1. The Morgan fingerprint density at radius 1 is 1.57 bits per heavy atom. The van der Waals surface area contributed by atoms with Crippen LogP contribution in [0.5, 0.6) is 0 Å². The fourth-order valence-electron chi connectivity index (χ4n) is 1.50. The molecule has 0 bridgehead atoms. The summed E-state index contributed by atoms with van der Waals surface area (Å²) >= 11 is 5.72. The van der Waals surface area contributed by atoms with Crippen LogP contribution in [0.1, 0.15) is 12.8 Å². The predicted molar refractivity (Wildman–Crippen MR) is 56.7 cm³/mol. The summed E-state index contributed by atoms with van der Waals surface area (Å²) in [7, 11) is 0. The summed E-state index contributed by atoms with van der Waals surface area (Å²) in [4.78, 5) is 4.14. The molecule has 1 aromatic heterocycles. The Labute approximate surface area is 88.4 Å². The smallest absolute Gasteiger partial charge is 0.126 e. The molecule has 76 valence electrons. The van der Waals surface area contributed by atoms with Gasteiger partial charge < -0.3 is 10.1 Å². The summed E-state index contributed by atoms with van der Waals surface area (Å²) in [5.74, 6) is 0.852. The van der Waals surface area contributed by atoms with E-state index in [-0.39, 0.29) is 0 Å². The van der Waals surface area contributed by atoms with Crippen LogP contribution in [0.25, 0.3) is 0 Å². The van der Waals surface area contributed by atoms with E-state index in [0.29, 0.717) is 11.1 Å². The average Bonchev–Trinajstić information content (AvgIpc) is 2.70. The minimum absolute atomic E-state index is 0.340. The van der Waals surface area contributed by atoms with Crippen LogP contribution in [-0.4, -0.2) is 24.2 Å². The van der Waals surface area contributed by atoms with Crippen molar-refractivity contribution in [3.05, 3.63) is 23.4 Å². The predicted octanol–water partition coefficient (Wildman–Crippen LogP) is 2.33. The fraction of sp³-hybridized carbons (Fsp3) is 0.500. The molecule has 0 aromatic carbocycles. The monoisotopic (exact) mass is 212 g/mol. The summed E-state index contributed by atoms with van der Waals surface area (Å²) < 4.78 is 5.48. The summed E-state index contributed by atoms with van der Waals surface area (Å²) in [5, 5.41) is 3.88. The third kappa shape index (κ3) is 2.59. The van der Waals surface area contributed by atoms with Gasteiger partial charge in [0.2, 0.25) is 0 Å². The Bertz CT molecular complexity index is 283. The molecule has 0 saturated carbocycles.